The topological polar surface area (TPSA) is 78.3 Å². The number of fused-ring (bicyclic) bond motifs is 2. The van der Waals surface area contributed by atoms with E-state index >= 15 is 0 Å². The minimum Gasteiger partial charge on any atom is -0.481 e. The van der Waals surface area contributed by atoms with Crippen molar-refractivity contribution in [3.8, 4) is 0 Å². The van der Waals surface area contributed by atoms with Gasteiger partial charge in [0, 0.05) is 42.8 Å². The number of nitrogens with zero attached hydrogens (tertiary/aromatic N) is 3. The summed E-state index contributed by atoms with van der Waals surface area (Å²) in [5.41, 5.74) is 4.48. The van der Waals surface area contributed by atoms with Gasteiger partial charge in [0.2, 0.25) is 0 Å². The Morgan fingerprint density at radius 1 is 1.22 bits per heavy atom. The Balaban J connectivity index is 1.16. The van der Waals surface area contributed by atoms with Gasteiger partial charge in [-0.15, -0.1) is 0 Å². The second kappa shape index (κ2) is 9.25. The second-order valence-electron chi connectivity index (χ2n) is 9.13. The quantitative estimate of drug-likeness (QED) is 0.560. The lowest BCUT2D eigenvalue weighted by molar-refractivity contribution is -0.138. The predicted octanol–water partition coefficient (Wildman–Crippen LogP) is 4.11. The molecular formula is C26H30N4O2. The molecule has 0 amide bonds. The van der Waals surface area contributed by atoms with Gasteiger partial charge in [-0.2, -0.15) is 0 Å². The van der Waals surface area contributed by atoms with Gasteiger partial charge >= 0.3 is 5.97 Å². The van der Waals surface area contributed by atoms with Crippen molar-refractivity contribution in [3.05, 3.63) is 65.5 Å². The fraction of sp³-hybridized carbons (Fsp3) is 0.423. The minimum absolute atomic E-state index is 0.00856. The molecule has 166 valence electrons. The van der Waals surface area contributed by atoms with E-state index in [1.807, 2.05) is 30.5 Å². The third-order valence-corrected chi connectivity index (χ3v) is 6.85. The molecule has 1 unspecified atom stereocenters. The molecule has 0 aliphatic carbocycles. The number of rotatable bonds is 8. The summed E-state index contributed by atoms with van der Waals surface area (Å²) >= 11 is 0. The predicted molar refractivity (Wildman–Crippen MR) is 126 cm³/mol. The Labute approximate surface area is 188 Å². The van der Waals surface area contributed by atoms with Gasteiger partial charge in [0.05, 0.1) is 11.9 Å². The average molecular weight is 431 g/mol. The molecule has 2 aliphatic rings. The van der Waals surface area contributed by atoms with Crippen LogP contribution in [0.5, 0.6) is 0 Å². The van der Waals surface area contributed by atoms with Crippen molar-refractivity contribution in [1.29, 1.82) is 0 Å². The zero-order valence-electron chi connectivity index (χ0n) is 18.3. The summed E-state index contributed by atoms with van der Waals surface area (Å²) in [6, 6.07) is 14.5. The molecule has 0 bridgehead atoms. The van der Waals surface area contributed by atoms with E-state index in [0.717, 1.165) is 73.4 Å². The number of carbonyl (C=O) groups is 1. The zero-order valence-corrected chi connectivity index (χ0v) is 18.3. The van der Waals surface area contributed by atoms with Crippen LogP contribution in [0.15, 0.2) is 48.7 Å². The van der Waals surface area contributed by atoms with Crippen molar-refractivity contribution in [2.45, 2.75) is 38.0 Å². The molecule has 6 heteroatoms. The number of anilines is 1. The summed E-state index contributed by atoms with van der Waals surface area (Å²) in [5, 5.41) is 14.0. The number of carboxylic acids is 1. The van der Waals surface area contributed by atoms with E-state index in [9.17, 15) is 9.90 Å². The number of pyridine rings is 2. The highest BCUT2D eigenvalue weighted by atomic mass is 16.4. The van der Waals surface area contributed by atoms with E-state index in [1.54, 1.807) is 0 Å². The lowest BCUT2D eigenvalue weighted by Crippen LogP contribution is -2.49. The summed E-state index contributed by atoms with van der Waals surface area (Å²) in [6.07, 6.45) is 6.37. The Morgan fingerprint density at radius 2 is 2.09 bits per heavy atom. The first-order valence-corrected chi connectivity index (χ1v) is 11.7. The standard InChI is InChI=1S/C26H30N4O2/c31-25(32)14-23(20-13-19-5-1-2-8-24(19)28-15-20)21-16-30(17-21)12-4-7-22-10-9-18-6-3-11-27-26(18)29-22/h1-2,5,8-10,13,15,21,23H,3-4,6-7,11-12,14,16-17H2,(H,27,29)(H,31,32). The lowest BCUT2D eigenvalue weighted by atomic mass is 9.79. The number of para-hydroxylation sites is 1. The van der Waals surface area contributed by atoms with Gasteiger partial charge in [-0.05, 0) is 67.5 Å². The molecule has 1 aromatic carbocycles. The Bertz CT molecular complexity index is 1110. The maximum absolute atomic E-state index is 11.6. The van der Waals surface area contributed by atoms with Gasteiger partial charge in [0.15, 0.2) is 0 Å². The van der Waals surface area contributed by atoms with Crippen LogP contribution in [-0.4, -0.2) is 52.1 Å². The van der Waals surface area contributed by atoms with Crippen LogP contribution in [0.4, 0.5) is 5.82 Å². The number of likely N-dealkylation sites (tertiary alicyclic amines) is 1. The Hall–Kier alpha value is -2.99. The molecule has 4 heterocycles. The van der Waals surface area contributed by atoms with Crippen LogP contribution in [0.1, 0.15) is 42.0 Å². The minimum atomic E-state index is -0.742. The van der Waals surface area contributed by atoms with Crippen LogP contribution in [0.2, 0.25) is 0 Å². The highest BCUT2D eigenvalue weighted by Gasteiger charge is 2.35. The number of aliphatic carboxylic acids is 1. The number of hydrogen-bond acceptors (Lipinski definition) is 5. The number of aromatic nitrogens is 2. The SMILES string of the molecule is O=C(O)CC(c1cnc2ccccc2c1)C1CN(CCCc2ccc3c(n2)NCCC3)C1. The molecule has 2 N–H and O–H groups in total. The number of carboxylic acid groups (broad SMARTS) is 1. The molecule has 6 nitrogen and oxygen atoms in total. The third kappa shape index (κ3) is 4.60. The molecule has 1 atom stereocenters. The van der Waals surface area contributed by atoms with E-state index < -0.39 is 5.97 Å². The average Bonchev–Trinajstić information content (AvgIpc) is 2.79. The van der Waals surface area contributed by atoms with Crippen LogP contribution in [-0.2, 0) is 17.6 Å². The number of hydrogen-bond donors (Lipinski definition) is 2. The fourth-order valence-corrected chi connectivity index (χ4v) is 5.07. The molecule has 0 saturated carbocycles. The van der Waals surface area contributed by atoms with Crippen LogP contribution < -0.4 is 5.32 Å². The van der Waals surface area contributed by atoms with Crippen LogP contribution in [0, 0.1) is 5.92 Å². The van der Waals surface area contributed by atoms with E-state index in [1.165, 1.54) is 12.0 Å². The molecule has 32 heavy (non-hydrogen) atoms. The zero-order chi connectivity index (χ0) is 21.9. The summed E-state index contributed by atoms with van der Waals surface area (Å²) < 4.78 is 0. The van der Waals surface area contributed by atoms with Crippen LogP contribution in [0.25, 0.3) is 10.9 Å². The van der Waals surface area contributed by atoms with Crippen LogP contribution >= 0.6 is 0 Å². The summed E-state index contributed by atoms with van der Waals surface area (Å²) in [6.45, 7) is 3.94. The molecule has 2 aliphatic heterocycles. The normalized spacial score (nSPS) is 17.4. The molecule has 0 radical (unpaired) electrons. The number of benzene rings is 1. The molecule has 0 spiro atoms. The van der Waals surface area contributed by atoms with Gasteiger partial charge in [0.25, 0.3) is 0 Å². The molecular weight excluding hydrogens is 400 g/mol. The molecule has 3 aromatic rings. The first kappa shape index (κ1) is 20.9. The lowest BCUT2D eigenvalue weighted by Gasteiger charge is -2.43. The van der Waals surface area contributed by atoms with Crippen molar-refractivity contribution >= 4 is 22.7 Å². The van der Waals surface area contributed by atoms with E-state index in [-0.39, 0.29) is 12.3 Å². The fourth-order valence-electron chi connectivity index (χ4n) is 5.07. The van der Waals surface area contributed by atoms with Crippen molar-refractivity contribution < 1.29 is 9.90 Å². The summed E-state index contributed by atoms with van der Waals surface area (Å²) in [4.78, 5) is 23.3. The van der Waals surface area contributed by atoms with Crippen LogP contribution in [0.3, 0.4) is 0 Å². The van der Waals surface area contributed by atoms with E-state index in [4.69, 9.17) is 4.98 Å². The molecule has 1 fully saturated rings. The molecule has 1 saturated heterocycles. The summed E-state index contributed by atoms with van der Waals surface area (Å²) in [5.74, 6) is 0.696. The second-order valence-corrected chi connectivity index (χ2v) is 9.13. The largest absolute Gasteiger partial charge is 0.481 e. The van der Waals surface area contributed by atoms with Crippen molar-refractivity contribution in [1.82, 2.24) is 14.9 Å². The summed E-state index contributed by atoms with van der Waals surface area (Å²) in [7, 11) is 0. The van der Waals surface area contributed by atoms with Gasteiger partial charge in [0.1, 0.15) is 5.82 Å². The third-order valence-electron chi connectivity index (χ3n) is 6.85. The van der Waals surface area contributed by atoms with E-state index in [0.29, 0.717) is 5.92 Å². The highest BCUT2D eigenvalue weighted by Crippen LogP contribution is 2.35. The van der Waals surface area contributed by atoms with Gasteiger partial charge in [-0.25, -0.2) is 4.98 Å². The maximum Gasteiger partial charge on any atom is 0.303 e. The smallest absolute Gasteiger partial charge is 0.303 e. The number of aryl methyl sites for hydroxylation is 2. The Morgan fingerprint density at radius 3 is 2.97 bits per heavy atom. The maximum atomic E-state index is 11.6. The van der Waals surface area contributed by atoms with Gasteiger partial charge < -0.3 is 15.3 Å². The van der Waals surface area contributed by atoms with Crippen molar-refractivity contribution in [3.63, 3.8) is 0 Å². The van der Waals surface area contributed by atoms with Gasteiger partial charge in [-0.3, -0.25) is 9.78 Å². The Kier molecular flexibility index (Phi) is 6.04. The number of nitrogens with one attached hydrogen (secondary N) is 1. The molecule has 2 aromatic heterocycles. The van der Waals surface area contributed by atoms with Crippen molar-refractivity contribution in [2.24, 2.45) is 5.92 Å². The first-order chi connectivity index (χ1) is 15.7. The van der Waals surface area contributed by atoms with Gasteiger partial charge in [-0.1, -0.05) is 24.3 Å². The van der Waals surface area contributed by atoms with E-state index in [2.05, 4.69) is 33.4 Å². The van der Waals surface area contributed by atoms with Crippen molar-refractivity contribution in [2.75, 3.05) is 31.5 Å². The monoisotopic (exact) mass is 430 g/mol. The highest BCUT2D eigenvalue weighted by molar-refractivity contribution is 5.79. The molecule has 5 rings (SSSR count). The first-order valence-electron chi connectivity index (χ1n) is 11.7.